The summed E-state index contributed by atoms with van der Waals surface area (Å²) < 4.78 is 26.8. The predicted molar refractivity (Wildman–Crippen MR) is 125 cm³/mol. The first-order valence-electron chi connectivity index (χ1n) is 10.1. The van der Waals surface area contributed by atoms with Crippen molar-refractivity contribution < 1.29 is 17.9 Å². The summed E-state index contributed by atoms with van der Waals surface area (Å²) >= 11 is 1.34. The quantitative estimate of drug-likeness (QED) is 0.398. The van der Waals surface area contributed by atoms with Crippen LogP contribution in [0.4, 0.5) is 11.4 Å². The molecule has 2 N–H and O–H groups in total. The lowest BCUT2D eigenvalue weighted by Gasteiger charge is -2.35. The molecule has 11 heteroatoms. The summed E-state index contributed by atoms with van der Waals surface area (Å²) in [5.74, 6) is 0.0632. The number of aromatic amines is 1. The Morgan fingerprint density at radius 3 is 2.50 bits per heavy atom. The summed E-state index contributed by atoms with van der Waals surface area (Å²) in [5, 5.41) is 6.74. The Kier molecular flexibility index (Phi) is 6.77. The minimum Gasteiger partial charge on any atom is -0.367 e. The number of benzene rings is 2. The highest BCUT2D eigenvalue weighted by atomic mass is 32.2. The first-order chi connectivity index (χ1) is 15.4. The molecule has 2 aromatic carbocycles. The molecule has 1 aliphatic rings. The zero-order valence-electron chi connectivity index (χ0n) is 17.6. The molecule has 2 heterocycles. The number of rotatable bonds is 7. The normalized spacial score (nSPS) is 15.0. The largest absolute Gasteiger partial charge is 0.385 e. The van der Waals surface area contributed by atoms with Gasteiger partial charge in [-0.15, -0.1) is 4.68 Å². The second-order valence-corrected chi connectivity index (χ2v) is 10.3. The number of hydrogen-bond donors (Lipinski definition) is 2. The number of carbonyl (C=O) groups is 1. The smallest absolute Gasteiger partial charge is 0.367 e. The monoisotopic (exact) mass is 473 g/mol. The first kappa shape index (κ1) is 22.3. The average Bonchev–Trinajstić information content (AvgIpc) is 3.27. The van der Waals surface area contributed by atoms with Gasteiger partial charge in [0.25, 0.3) is 0 Å². The van der Waals surface area contributed by atoms with Crippen molar-refractivity contribution in [3.8, 4) is 5.69 Å². The van der Waals surface area contributed by atoms with Crippen molar-refractivity contribution in [2.75, 3.05) is 48.4 Å². The minimum absolute atomic E-state index is 0.139. The number of anilines is 2. The van der Waals surface area contributed by atoms with Crippen LogP contribution in [-0.2, 0) is 14.8 Å². The van der Waals surface area contributed by atoms with Crippen molar-refractivity contribution in [3.63, 3.8) is 0 Å². The lowest BCUT2D eigenvalue weighted by Crippen LogP contribution is -2.48. The van der Waals surface area contributed by atoms with Crippen LogP contribution in [0.3, 0.4) is 0 Å². The van der Waals surface area contributed by atoms with E-state index in [2.05, 4.69) is 20.3 Å². The number of H-pyrrole nitrogens is 1. The van der Waals surface area contributed by atoms with Crippen LogP contribution in [0.2, 0.25) is 0 Å². The van der Waals surface area contributed by atoms with Crippen molar-refractivity contribution >= 4 is 39.1 Å². The van der Waals surface area contributed by atoms with E-state index in [0.29, 0.717) is 37.0 Å². The third-order valence-corrected chi connectivity index (χ3v) is 7.38. The molecule has 32 heavy (non-hydrogen) atoms. The second kappa shape index (κ2) is 9.72. The number of carbonyl (C=O) groups excluding carboxylic acids is 1. The van der Waals surface area contributed by atoms with Crippen LogP contribution in [-0.4, -0.2) is 66.9 Å². The van der Waals surface area contributed by atoms with Crippen molar-refractivity contribution in [1.29, 1.82) is 0 Å². The lowest BCUT2D eigenvalue weighted by atomic mass is 10.2. The van der Waals surface area contributed by atoms with Gasteiger partial charge in [-0.25, -0.2) is 8.42 Å². The Bertz CT molecular complexity index is 1180. The highest BCUT2D eigenvalue weighted by Crippen LogP contribution is 2.27. The number of nitrogens with one attached hydrogen (secondary N) is 2. The van der Waals surface area contributed by atoms with Crippen molar-refractivity contribution in [1.82, 2.24) is 14.4 Å². The highest BCUT2D eigenvalue weighted by Gasteiger charge is 2.25. The fourth-order valence-corrected chi connectivity index (χ4v) is 5.12. The molecule has 168 valence electrons. The van der Waals surface area contributed by atoms with Crippen LogP contribution >= 0.6 is 11.8 Å². The van der Waals surface area contributed by atoms with E-state index in [1.807, 2.05) is 59.3 Å². The van der Waals surface area contributed by atoms with Gasteiger partial charge in [-0.05, 0) is 41.0 Å². The molecule has 1 saturated heterocycles. The molecular weight excluding hydrogens is 448 g/mol. The molecule has 4 rings (SSSR count). The molecule has 1 aromatic heterocycles. The summed E-state index contributed by atoms with van der Waals surface area (Å²) in [4.78, 5) is 19.1. The fraction of sp³-hybridized carbons (Fsp3) is 0.286. The van der Waals surface area contributed by atoms with E-state index in [-0.39, 0.29) is 11.7 Å². The van der Waals surface area contributed by atoms with Crippen LogP contribution in [0, 0.1) is 0 Å². The van der Waals surface area contributed by atoms with Crippen LogP contribution in [0.15, 0.2) is 66.1 Å². The Hall–Kier alpha value is -2.89. The van der Waals surface area contributed by atoms with E-state index in [1.165, 1.54) is 22.3 Å². The van der Waals surface area contributed by atoms with Gasteiger partial charge in [-0.2, -0.15) is 9.40 Å². The van der Waals surface area contributed by atoms with E-state index < -0.39 is 10.0 Å². The fourth-order valence-electron chi connectivity index (χ4n) is 3.55. The lowest BCUT2D eigenvalue weighted by molar-refractivity contribution is -0.694. The number of piperazine rings is 1. The van der Waals surface area contributed by atoms with E-state index in [0.717, 1.165) is 11.4 Å². The number of nitrogens with zero attached hydrogens (tertiary/aromatic N) is 4. The zero-order valence-corrected chi connectivity index (χ0v) is 19.3. The molecule has 0 saturated carbocycles. The SMILES string of the molecule is CS(=O)(=O)N1CCN(c2ccccc2NC(=O)CSc2nc[nH][n+]2-c2ccccc2)CC1. The molecule has 1 aliphatic heterocycles. The maximum absolute atomic E-state index is 12.7. The van der Waals surface area contributed by atoms with Gasteiger partial charge in [0, 0.05) is 26.2 Å². The Balaban J connectivity index is 1.39. The van der Waals surface area contributed by atoms with Crippen LogP contribution in [0.1, 0.15) is 0 Å². The molecule has 1 fully saturated rings. The van der Waals surface area contributed by atoms with Crippen LogP contribution < -0.4 is 14.9 Å². The Morgan fingerprint density at radius 2 is 1.78 bits per heavy atom. The van der Waals surface area contributed by atoms with Gasteiger partial charge in [0.05, 0.1) is 23.4 Å². The standard InChI is InChI=1S/C21H24N6O3S2/c1-32(29,30)26-13-11-25(12-14-26)19-10-6-5-9-18(19)24-20(28)15-31-21-22-16-23-27(21)17-7-3-2-4-8-17/h2-10,16H,11-15H2,1H3,(H,24,28)/p+1. The highest BCUT2D eigenvalue weighted by molar-refractivity contribution is 7.99. The molecule has 0 unspecified atom stereocenters. The van der Waals surface area contributed by atoms with Gasteiger partial charge >= 0.3 is 5.16 Å². The summed E-state index contributed by atoms with van der Waals surface area (Å²) in [6, 6.07) is 17.3. The third kappa shape index (κ3) is 5.29. The maximum Gasteiger partial charge on any atom is 0.385 e. The molecule has 0 spiro atoms. The van der Waals surface area contributed by atoms with Gasteiger partial charge in [-0.1, -0.05) is 30.3 Å². The van der Waals surface area contributed by atoms with Crippen molar-refractivity contribution in [2.45, 2.75) is 5.16 Å². The van der Waals surface area contributed by atoms with E-state index >= 15 is 0 Å². The summed E-state index contributed by atoms with van der Waals surface area (Å²) in [6.07, 6.45) is 2.83. The third-order valence-electron chi connectivity index (χ3n) is 5.13. The Morgan fingerprint density at radius 1 is 1.09 bits per heavy atom. The topological polar surface area (TPSA) is 102 Å². The Labute approximate surface area is 191 Å². The molecule has 3 aromatic rings. The van der Waals surface area contributed by atoms with E-state index in [1.54, 1.807) is 6.33 Å². The number of amides is 1. The van der Waals surface area contributed by atoms with Crippen molar-refractivity contribution in [3.05, 3.63) is 60.9 Å². The second-order valence-electron chi connectivity index (χ2n) is 7.34. The molecular formula is C21H25N6O3S2+. The van der Waals surface area contributed by atoms with Crippen molar-refractivity contribution in [2.24, 2.45) is 0 Å². The van der Waals surface area contributed by atoms with Gasteiger partial charge < -0.3 is 10.2 Å². The van der Waals surface area contributed by atoms with Crippen LogP contribution in [0.5, 0.6) is 0 Å². The molecule has 1 amide bonds. The average molecular weight is 474 g/mol. The first-order valence-corrected chi connectivity index (χ1v) is 13.0. The minimum atomic E-state index is -3.19. The molecule has 0 atom stereocenters. The number of aromatic nitrogens is 3. The number of sulfonamides is 1. The van der Waals surface area contributed by atoms with Gasteiger partial charge in [0.2, 0.25) is 22.3 Å². The molecule has 0 bridgehead atoms. The molecule has 9 nitrogen and oxygen atoms in total. The summed E-state index contributed by atoms with van der Waals surface area (Å²) in [5.41, 5.74) is 2.54. The number of thioether (sulfide) groups is 1. The van der Waals surface area contributed by atoms with E-state index in [4.69, 9.17) is 0 Å². The van der Waals surface area contributed by atoms with Gasteiger partial charge in [0.1, 0.15) is 0 Å². The van der Waals surface area contributed by atoms with Gasteiger partial charge in [-0.3, -0.25) is 4.79 Å². The number of para-hydroxylation sites is 3. The summed E-state index contributed by atoms with van der Waals surface area (Å²) in [7, 11) is -3.19. The van der Waals surface area contributed by atoms with Gasteiger partial charge in [0.15, 0.2) is 5.69 Å². The predicted octanol–water partition coefficient (Wildman–Crippen LogP) is 1.50. The molecule has 0 radical (unpaired) electrons. The maximum atomic E-state index is 12.7. The van der Waals surface area contributed by atoms with Crippen LogP contribution in [0.25, 0.3) is 5.69 Å². The summed E-state index contributed by atoms with van der Waals surface area (Å²) in [6.45, 7) is 1.99. The number of hydrogen-bond acceptors (Lipinski definition) is 6. The zero-order chi connectivity index (χ0) is 22.6. The van der Waals surface area contributed by atoms with E-state index in [9.17, 15) is 13.2 Å². The molecule has 0 aliphatic carbocycles.